The average molecular weight is 217 g/mol. The molecule has 1 aliphatic heterocycles. The third-order valence-corrected chi connectivity index (χ3v) is 3.16. The van der Waals surface area contributed by atoms with E-state index < -0.39 is 0 Å². The lowest BCUT2D eigenvalue weighted by Gasteiger charge is -2.20. The Bertz CT molecular complexity index is 365. The van der Waals surface area contributed by atoms with Crippen LogP contribution in [0.25, 0.3) is 0 Å². The largest absolute Gasteiger partial charge is 0.339 e. The Morgan fingerprint density at radius 2 is 1.81 bits per heavy atom. The quantitative estimate of drug-likeness (QED) is 0.708. The Hall–Kier alpha value is -1.31. The Morgan fingerprint density at radius 1 is 1.12 bits per heavy atom. The van der Waals surface area contributed by atoms with Crippen molar-refractivity contribution in [3.05, 3.63) is 35.4 Å². The van der Waals surface area contributed by atoms with Gasteiger partial charge in [0.2, 0.25) is 0 Å². The van der Waals surface area contributed by atoms with Gasteiger partial charge in [-0.05, 0) is 31.9 Å². The average Bonchev–Trinajstić information content (AvgIpc) is 2.56. The fraction of sp³-hybridized carbons (Fsp3) is 0.500. The molecule has 0 aromatic heterocycles. The zero-order valence-electron chi connectivity index (χ0n) is 9.91. The lowest BCUT2D eigenvalue weighted by atomic mass is 10.1. The number of hydrogen-bond acceptors (Lipinski definition) is 1. The minimum atomic E-state index is 0.200. The zero-order valence-corrected chi connectivity index (χ0v) is 9.91. The molecular formula is C14H19NO. The van der Waals surface area contributed by atoms with E-state index in [9.17, 15) is 4.79 Å². The molecule has 0 N–H and O–H groups in total. The summed E-state index contributed by atoms with van der Waals surface area (Å²) in [5.74, 6) is 0.200. The smallest absolute Gasteiger partial charge is 0.253 e. The van der Waals surface area contributed by atoms with Gasteiger partial charge in [0.1, 0.15) is 0 Å². The van der Waals surface area contributed by atoms with E-state index in [1.807, 2.05) is 36.1 Å². The molecule has 1 heterocycles. The highest BCUT2D eigenvalue weighted by atomic mass is 16.2. The van der Waals surface area contributed by atoms with Crippen LogP contribution in [0.5, 0.6) is 0 Å². The first kappa shape index (κ1) is 11.2. The van der Waals surface area contributed by atoms with Crippen molar-refractivity contribution in [3.8, 4) is 0 Å². The molecule has 1 amide bonds. The van der Waals surface area contributed by atoms with Gasteiger partial charge in [0.05, 0.1) is 0 Å². The molecule has 1 aromatic carbocycles. The van der Waals surface area contributed by atoms with Gasteiger partial charge in [-0.3, -0.25) is 4.79 Å². The summed E-state index contributed by atoms with van der Waals surface area (Å²) in [4.78, 5) is 14.2. The van der Waals surface area contributed by atoms with Crippen molar-refractivity contribution in [2.45, 2.75) is 32.6 Å². The van der Waals surface area contributed by atoms with Crippen LogP contribution in [-0.2, 0) is 0 Å². The number of likely N-dealkylation sites (tertiary alicyclic amines) is 1. The van der Waals surface area contributed by atoms with Gasteiger partial charge in [0, 0.05) is 18.7 Å². The summed E-state index contributed by atoms with van der Waals surface area (Å²) in [5.41, 5.74) is 1.99. The van der Waals surface area contributed by atoms with E-state index in [0.717, 1.165) is 37.1 Å². The van der Waals surface area contributed by atoms with E-state index >= 15 is 0 Å². The summed E-state index contributed by atoms with van der Waals surface area (Å²) in [6.45, 7) is 3.87. The first-order valence-corrected chi connectivity index (χ1v) is 6.13. The molecule has 1 fully saturated rings. The Morgan fingerprint density at radius 3 is 2.44 bits per heavy atom. The standard InChI is InChI=1S/C14H19NO/c1-12-7-6-8-13(11-12)14(16)15-9-4-2-3-5-10-15/h6-8,11H,2-5,9-10H2,1H3. The molecule has 16 heavy (non-hydrogen) atoms. The van der Waals surface area contributed by atoms with Gasteiger partial charge in [-0.25, -0.2) is 0 Å². The van der Waals surface area contributed by atoms with Crippen LogP contribution in [0.2, 0.25) is 0 Å². The second-order valence-corrected chi connectivity index (χ2v) is 4.58. The number of carbonyl (C=O) groups excluding carboxylic acids is 1. The predicted molar refractivity (Wildman–Crippen MR) is 65.6 cm³/mol. The summed E-state index contributed by atoms with van der Waals surface area (Å²) in [6.07, 6.45) is 4.82. The lowest BCUT2D eigenvalue weighted by molar-refractivity contribution is 0.0761. The molecule has 2 heteroatoms. The second kappa shape index (κ2) is 5.15. The molecule has 0 bridgehead atoms. The first-order valence-electron chi connectivity index (χ1n) is 6.13. The molecular weight excluding hydrogens is 198 g/mol. The maximum atomic E-state index is 12.2. The second-order valence-electron chi connectivity index (χ2n) is 4.58. The third kappa shape index (κ3) is 2.63. The maximum absolute atomic E-state index is 12.2. The molecule has 1 aromatic rings. The van der Waals surface area contributed by atoms with Gasteiger partial charge < -0.3 is 4.90 Å². The molecule has 0 radical (unpaired) electrons. The van der Waals surface area contributed by atoms with E-state index in [2.05, 4.69) is 0 Å². The summed E-state index contributed by atoms with van der Waals surface area (Å²) >= 11 is 0. The number of carbonyl (C=O) groups is 1. The van der Waals surface area contributed by atoms with Gasteiger partial charge in [0.15, 0.2) is 0 Å². The molecule has 0 saturated carbocycles. The molecule has 0 atom stereocenters. The number of nitrogens with zero attached hydrogens (tertiary/aromatic N) is 1. The Labute approximate surface area is 97.3 Å². The number of benzene rings is 1. The van der Waals surface area contributed by atoms with Gasteiger partial charge in [-0.15, -0.1) is 0 Å². The SMILES string of the molecule is Cc1cccc(C(=O)N2CCCCCC2)c1. The zero-order chi connectivity index (χ0) is 11.4. The molecule has 2 rings (SSSR count). The molecule has 2 nitrogen and oxygen atoms in total. The van der Waals surface area contributed by atoms with Crippen molar-refractivity contribution < 1.29 is 4.79 Å². The highest BCUT2D eigenvalue weighted by molar-refractivity contribution is 5.94. The van der Waals surface area contributed by atoms with E-state index in [4.69, 9.17) is 0 Å². The van der Waals surface area contributed by atoms with E-state index in [-0.39, 0.29) is 5.91 Å². The van der Waals surface area contributed by atoms with Crippen LogP contribution in [-0.4, -0.2) is 23.9 Å². The van der Waals surface area contributed by atoms with E-state index in [1.165, 1.54) is 12.8 Å². The van der Waals surface area contributed by atoms with Crippen LogP contribution in [0.4, 0.5) is 0 Å². The highest BCUT2D eigenvalue weighted by Crippen LogP contribution is 2.14. The molecule has 0 unspecified atom stereocenters. The van der Waals surface area contributed by atoms with Crippen LogP contribution in [0, 0.1) is 6.92 Å². The minimum Gasteiger partial charge on any atom is -0.339 e. The fourth-order valence-corrected chi connectivity index (χ4v) is 2.23. The van der Waals surface area contributed by atoms with E-state index in [1.54, 1.807) is 0 Å². The van der Waals surface area contributed by atoms with Crippen molar-refractivity contribution in [3.63, 3.8) is 0 Å². The Balaban J connectivity index is 2.11. The summed E-state index contributed by atoms with van der Waals surface area (Å²) < 4.78 is 0. The number of aryl methyl sites for hydroxylation is 1. The van der Waals surface area contributed by atoms with Crippen LogP contribution in [0.15, 0.2) is 24.3 Å². The van der Waals surface area contributed by atoms with Crippen LogP contribution in [0.3, 0.4) is 0 Å². The number of amides is 1. The van der Waals surface area contributed by atoms with Crippen molar-refractivity contribution in [1.82, 2.24) is 4.90 Å². The van der Waals surface area contributed by atoms with Crippen LogP contribution in [0.1, 0.15) is 41.6 Å². The number of hydrogen-bond donors (Lipinski definition) is 0. The van der Waals surface area contributed by atoms with Crippen LogP contribution < -0.4 is 0 Å². The molecule has 86 valence electrons. The minimum absolute atomic E-state index is 0.200. The lowest BCUT2D eigenvalue weighted by Crippen LogP contribution is -2.31. The molecule has 0 spiro atoms. The maximum Gasteiger partial charge on any atom is 0.253 e. The van der Waals surface area contributed by atoms with Crippen molar-refractivity contribution >= 4 is 5.91 Å². The Kier molecular flexibility index (Phi) is 3.60. The summed E-state index contributed by atoms with van der Waals surface area (Å²) in [7, 11) is 0. The fourth-order valence-electron chi connectivity index (χ4n) is 2.23. The highest BCUT2D eigenvalue weighted by Gasteiger charge is 2.16. The van der Waals surface area contributed by atoms with Crippen molar-refractivity contribution in [2.24, 2.45) is 0 Å². The normalized spacial score (nSPS) is 16.9. The molecule has 0 aliphatic carbocycles. The van der Waals surface area contributed by atoms with Crippen molar-refractivity contribution in [2.75, 3.05) is 13.1 Å². The van der Waals surface area contributed by atoms with Crippen molar-refractivity contribution in [1.29, 1.82) is 0 Å². The first-order chi connectivity index (χ1) is 7.77. The monoisotopic (exact) mass is 217 g/mol. The topological polar surface area (TPSA) is 20.3 Å². The van der Waals surface area contributed by atoms with Gasteiger partial charge in [-0.2, -0.15) is 0 Å². The summed E-state index contributed by atoms with van der Waals surface area (Å²) in [5, 5.41) is 0. The summed E-state index contributed by atoms with van der Waals surface area (Å²) in [6, 6.07) is 7.88. The van der Waals surface area contributed by atoms with Gasteiger partial charge in [-0.1, -0.05) is 30.5 Å². The number of rotatable bonds is 1. The predicted octanol–water partition coefficient (Wildman–Crippen LogP) is 3.01. The molecule has 1 aliphatic rings. The van der Waals surface area contributed by atoms with E-state index in [0.29, 0.717) is 0 Å². The van der Waals surface area contributed by atoms with Crippen LogP contribution >= 0.6 is 0 Å². The molecule has 1 saturated heterocycles. The van der Waals surface area contributed by atoms with Gasteiger partial charge in [0.25, 0.3) is 5.91 Å². The van der Waals surface area contributed by atoms with Gasteiger partial charge >= 0.3 is 0 Å². The third-order valence-electron chi connectivity index (χ3n) is 3.16.